The minimum Gasteiger partial charge on any atom is -0.493 e. The van der Waals surface area contributed by atoms with Gasteiger partial charge < -0.3 is 9.47 Å². The molecule has 80 valence electrons. The van der Waals surface area contributed by atoms with Gasteiger partial charge in [0, 0.05) is 6.42 Å². The van der Waals surface area contributed by atoms with Gasteiger partial charge in [0.05, 0.1) is 19.1 Å². The quantitative estimate of drug-likeness (QED) is 0.568. The van der Waals surface area contributed by atoms with Crippen LogP contribution in [0.3, 0.4) is 0 Å². The van der Waals surface area contributed by atoms with Crippen LogP contribution in [0.15, 0.2) is 35.6 Å². The van der Waals surface area contributed by atoms with Gasteiger partial charge in [0.1, 0.15) is 5.76 Å². The van der Waals surface area contributed by atoms with Crippen molar-refractivity contribution >= 4 is 5.97 Å². The molecule has 0 spiro atoms. The second-order valence-corrected chi connectivity index (χ2v) is 3.66. The molecule has 15 heavy (non-hydrogen) atoms. The molecule has 0 saturated heterocycles. The van der Waals surface area contributed by atoms with Crippen molar-refractivity contribution in [2.75, 3.05) is 13.2 Å². The first kappa shape index (κ1) is 10.0. The van der Waals surface area contributed by atoms with E-state index >= 15 is 0 Å². The van der Waals surface area contributed by atoms with E-state index in [1.54, 1.807) is 0 Å². The number of esters is 1. The van der Waals surface area contributed by atoms with Crippen LogP contribution in [-0.2, 0) is 14.3 Å². The van der Waals surface area contributed by atoms with Gasteiger partial charge in [0.15, 0.2) is 0 Å². The Kier molecular flexibility index (Phi) is 2.90. The van der Waals surface area contributed by atoms with Crippen molar-refractivity contribution in [3.63, 3.8) is 0 Å². The van der Waals surface area contributed by atoms with Crippen LogP contribution in [0.1, 0.15) is 13.3 Å². The number of hydrogen-bond donors (Lipinski definition) is 0. The molecule has 1 aliphatic heterocycles. The fourth-order valence-electron chi connectivity index (χ4n) is 1.55. The van der Waals surface area contributed by atoms with Crippen molar-refractivity contribution < 1.29 is 14.3 Å². The largest absolute Gasteiger partial charge is 0.493 e. The summed E-state index contributed by atoms with van der Waals surface area (Å²) in [5.41, 5.74) is 1.04. The molecule has 2 aliphatic rings. The van der Waals surface area contributed by atoms with Crippen LogP contribution in [0.25, 0.3) is 0 Å². The summed E-state index contributed by atoms with van der Waals surface area (Å²) < 4.78 is 10.7. The molecule has 0 fully saturated rings. The second kappa shape index (κ2) is 4.34. The van der Waals surface area contributed by atoms with Crippen LogP contribution in [0, 0.1) is 5.92 Å². The van der Waals surface area contributed by atoms with Gasteiger partial charge in [-0.3, -0.25) is 4.79 Å². The van der Waals surface area contributed by atoms with Crippen LogP contribution in [-0.4, -0.2) is 19.2 Å². The highest BCUT2D eigenvalue weighted by Gasteiger charge is 2.17. The Bertz CT molecular complexity index is 350. The molecule has 2 rings (SSSR count). The first-order valence-corrected chi connectivity index (χ1v) is 5.14. The fraction of sp³-hybridized carbons (Fsp3) is 0.417. The van der Waals surface area contributed by atoms with Crippen molar-refractivity contribution in [2.24, 2.45) is 5.92 Å². The fourth-order valence-corrected chi connectivity index (χ4v) is 1.55. The van der Waals surface area contributed by atoms with Crippen molar-refractivity contribution in [2.45, 2.75) is 13.3 Å². The average molecular weight is 206 g/mol. The van der Waals surface area contributed by atoms with Gasteiger partial charge in [-0.1, -0.05) is 18.2 Å². The van der Waals surface area contributed by atoms with Gasteiger partial charge >= 0.3 is 5.97 Å². The van der Waals surface area contributed by atoms with Gasteiger partial charge in [-0.05, 0) is 18.6 Å². The first-order valence-electron chi connectivity index (χ1n) is 5.14. The zero-order valence-electron chi connectivity index (χ0n) is 8.73. The zero-order valence-corrected chi connectivity index (χ0v) is 8.73. The normalized spacial score (nSPS) is 25.9. The monoisotopic (exact) mass is 206 g/mol. The maximum absolute atomic E-state index is 11.6. The molecule has 0 saturated carbocycles. The highest BCUT2D eigenvalue weighted by Crippen LogP contribution is 2.19. The number of fused-ring (bicyclic) bond motifs is 2. The highest BCUT2D eigenvalue weighted by molar-refractivity contribution is 5.77. The molecule has 3 heteroatoms. The molecule has 0 aromatic carbocycles. The summed E-state index contributed by atoms with van der Waals surface area (Å²) in [5, 5.41) is 0. The van der Waals surface area contributed by atoms with Gasteiger partial charge in [-0.2, -0.15) is 0 Å². The third-order valence-corrected chi connectivity index (χ3v) is 2.46. The maximum atomic E-state index is 11.6. The van der Waals surface area contributed by atoms with E-state index in [2.05, 4.69) is 0 Å². The molecule has 1 heterocycles. The Morgan fingerprint density at radius 1 is 1.20 bits per heavy atom. The van der Waals surface area contributed by atoms with E-state index in [1.165, 1.54) is 0 Å². The van der Waals surface area contributed by atoms with Gasteiger partial charge in [-0.25, -0.2) is 0 Å². The lowest BCUT2D eigenvalue weighted by atomic mass is 10.1. The second-order valence-electron chi connectivity index (χ2n) is 3.66. The number of allylic oxidation sites excluding steroid dienone is 3. The van der Waals surface area contributed by atoms with E-state index in [4.69, 9.17) is 9.47 Å². The molecular formula is C12H14O3. The minimum absolute atomic E-state index is 0.182. The SMILES string of the molecule is CC1=C2C=CC(C=C1)C(=O)OCCCO2. The van der Waals surface area contributed by atoms with Crippen molar-refractivity contribution in [3.8, 4) is 0 Å². The first-order chi connectivity index (χ1) is 7.27. The number of carbonyl (C=O) groups is 1. The topological polar surface area (TPSA) is 35.5 Å². The molecule has 0 aromatic rings. The molecule has 2 bridgehead atoms. The number of ether oxygens (including phenoxy) is 2. The zero-order chi connectivity index (χ0) is 10.7. The van der Waals surface area contributed by atoms with E-state index < -0.39 is 0 Å². The summed E-state index contributed by atoms with van der Waals surface area (Å²) in [7, 11) is 0. The molecule has 1 unspecified atom stereocenters. The summed E-state index contributed by atoms with van der Waals surface area (Å²) >= 11 is 0. The van der Waals surface area contributed by atoms with Crippen molar-refractivity contribution in [1.82, 2.24) is 0 Å². The molecule has 0 aromatic heterocycles. The van der Waals surface area contributed by atoms with Gasteiger partial charge in [0.25, 0.3) is 0 Å². The third kappa shape index (κ3) is 2.29. The molecule has 0 amide bonds. The number of carbonyl (C=O) groups excluding carboxylic acids is 1. The van der Waals surface area contributed by atoms with E-state index in [0.717, 1.165) is 17.8 Å². The van der Waals surface area contributed by atoms with Crippen LogP contribution in [0.4, 0.5) is 0 Å². The lowest BCUT2D eigenvalue weighted by molar-refractivity contribution is -0.145. The van der Waals surface area contributed by atoms with E-state index in [0.29, 0.717) is 13.2 Å². The van der Waals surface area contributed by atoms with Crippen molar-refractivity contribution in [1.29, 1.82) is 0 Å². The summed E-state index contributed by atoms with van der Waals surface area (Å²) in [5.74, 6) is 0.390. The average Bonchev–Trinajstić information content (AvgIpc) is 2.42. The van der Waals surface area contributed by atoms with E-state index in [1.807, 2.05) is 31.2 Å². The number of rotatable bonds is 0. The predicted molar refractivity (Wildman–Crippen MR) is 56.0 cm³/mol. The molecule has 0 N–H and O–H groups in total. The number of hydrogen-bond acceptors (Lipinski definition) is 3. The Morgan fingerprint density at radius 2 is 1.93 bits per heavy atom. The lowest BCUT2D eigenvalue weighted by Gasteiger charge is -2.12. The smallest absolute Gasteiger partial charge is 0.316 e. The Hall–Kier alpha value is -1.51. The van der Waals surface area contributed by atoms with Gasteiger partial charge in [0.2, 0.25) is 0 Å². The maximum Gasteiger partial charge on any atom is 0.316 e. The van der Waals surface area contributed by atoms with Crippen LogP contribution >= 0.6 is 0 Å². The van der Waals surface area contributed by atoms with Crippen LogP contribution in [0.2, 0.25) is 0 Å². The number of cyclic esters (lactones) is 1. The van der Waals surface area contributed by atoms with Gasteiger partial charge in [-0.15, -0.1) is 0 Å². The predicted octanol–water partition coefficient (Wildman–Crippen LogP) is 1.97. The van der Waals surface area contributed by atoms with Crippen LogP contribution in [0.5, 0.6) is 0 Å². The summed E-state index contributed by atoms with van der Waals surface area (Å²) in [6, 6.07) is 0. The Labute approximate surface area is 89.1 Å². The molecule has 0 radical (unpaired) electrons. The highest BCUT2D eigenvalue weighted by atomic mass is 16.5. The third-order valence-electron chi connectivity index (χ3n) is 2.46. The Balaban J connectivity index is 2.30. The van der Waals surface area contributed by atoms with Crippen molar-refractivity contribution in [3.05, 3.63) is 35.6 Å². The molecule has 1 atom stereocenters. The minimum atomic E-state index is -0.279. The standard InChI is InChI=1S/C12H14O3/c1-9-3-4-10-5-6-11(9)14-7-2-8-15-12(10)13/h3-6,10H,2,7-8H2,1H3. The summed E-state index contributed by atoms with van der Waals surface area (Å²) in [4.78, 5) is 11.6. The Morgan fingerprint density at radius 3 is 2.80 bits per heavy atom. The summed E-state index contributed by atoms with van der Waals surface area (Å²) in [6.45, 7) is 2.99. The van der Waals surface area contributed by atoms with E-state index in [-0.39, 0.29) is 11.9 Å². The molecule has 1 aliphatic carbocycles. The molecule has 3 nitrogen and oxygen atoms in total. The summed E-state index contributed by atoms with van der Waals surface area (Å²) in [6.07, 6.45) is 8.16. The van der Waals surface area contributed by atoms with Crippen LogP contribution < -0.4 is 0 Å². The molecular weight excluding hydrogens is 192 g/mol. The lowest BCUT2D eigenvalue weighted by Crippen LogP contribution is -2.16. The van der Waals surface area contributed by atoms with E-state index in [9.17, 15) is 4.79 Å².